The average Bonchev–Trinajstić information content (AvgIpc) is 2.64. The Morgan fingerprint density at radius 2 is 1.13 bits per heavy atom. The van der Waals surface area contributed by atoms with Crippen LogP contribution in [0.4, 0.5) is 0 Å². The van der Waals surface area contributed by atoms with E-state index in [-0.39, 0.29) is 6.10 Å². The second-order valence-corrected chi connectivity index (χ2v) is 5.35. The molecule has 114 valence electrons. The summed E-state index contributed by atoms with van der Waals surface area (Å²) in [5.74, 6) is 0. The number of hydrogen-bond donors (Lipinski definition) is 0. The van der Waals surface area contributed by atoms with Gasteiger partial charge >= 0.3 is 0 Å². The first-order chi connectivity index (χ1) is 11.4. The molecule has 0 saturated heterocycles. The lowest BCUT2D eigenvalue weighted by molar-refractivity contribution is 0.105. The first-order valence-corrected chi connectivity index (χ1v) is 7.86. The van der Waals surface area contributed by atoms with E-state index >= 15 is 0 Å². The van der Waals surface area contributed by atoms with Crippen LogP contribution in [0, 0.1) is 0 Å². The number of rotatable bonds is 6. The third-order valence-corrected chi connectivity index (χ3v) is 3.67. The molecule has 0 aliphatic heterocycles. The van der Waals surface area contributed by atoms with Crippen molar-refractivity contribution < 1.29 is 4.74 Å². The van der Waals surface area contributed by atoms with Crippen LogP contribution in [0.15, 0.2) is 97.1 Å². The summed E-state index contributed by atoms with van der Waals surface area (Å²) >= 11 is 0. The van der Waals surface area contributed by atoms with Gasteiger partial charge in [-0.15, -0.1) is 0 Å². The van der Waals surface area contributed by atoms with Crippen LogP contribution in [0.25, 0.3) is 6.08 Å². The zero-order valence-electron chi connectivity index (χ0n) is 13.0. The van der Waals surface area contributed by atoms with E-state index in [9.17, 15) is 0 Å². The smallest absolute Gasteiger partial charge is 0.108 e. The highest BCUT2D eigenvalue weighted by molar-refractivity contribution is 5.48. The van der Waals surface area contributed by atoms with Crippen molar-refractivity contribution in [2.75, 3.05) is 6.61 Å². The molecule has 0 aliphatic carbocycles. The highest BCUT2D eigenvalue weighted by atomic mass is 16.5. The van der Waals surface area contributed by atoms with Gasteiger partial charge in [0.25, 0.3) is 0 Å². The molecule has 0 bridgehead atoms. The Labute approximate surface area is 137 Å². The van der Waals surface area contributed by atoms with E-state index in [1.165, 1.54) is 16.7 Å². The first kappa shape index (κ1) is 15.3. The minimum atomic E-state index is -0.0437. The fraction of sp³-hybridized carbons (Fsp3) is 0.0909. The van der Waals surface area contributed by atoms with Crippen LogP contribution in [0.1, 0.15) is 22.8 Å². The maximum atomic E-state index is 6.15. The Hall–Kier alpha value is -2.64. The molecule has 23 heavy (non-hydrogen) atoms. The Kier molecular flexibility index (Phi) is 5.38. The third-order valence-electron chi connectivity index (χ3n) is 3.67. The van der Waals surface area contributed by atoms with E-state index in [2.05, 4.69) is 72.8 Å². The molecule has 0 heterocycles. The molecule has 3 rings (SSSR count). The summed E-state index contributed by atoms with van der Waals surface area (Å²) in [4.78, 5) is 0. The highest BCUT2D eigenvalue weighted by Gasteiger charge is 2.13. The molecule has 0 saturated carbocycles. The van der Waals surface area contributed by atoms with E-state index in [4.69, 9.17) is 4.74 Å². The summed E-state index contributed by atoms with van der Waals surface area (Å²) in [7, 11) is 0. The highest BCUT2D eigenvalue weighted by Crippen LogP contribution is 2.25. The Balaban J connectivity index is 1.71. The van der Waals surface area contributed by atoms with Crippen LogP contribution < -0.4 is 0 Å². The molecule has 1 heteroatoms. The maximum Gasteiger partial charge on any atom is 0.108 e. The van der Waals surface area contributed by atoms with Gasteiger partial charge in [-0.25, -0.2) is 0 Å². The largest absolute Gasteiger partial charge is 0.365 e. The topological polar surface area (TPSA) is 9.23 Å². The molecule has 0 aliphatic rings. The van der Waals surface area contributed by atoms with Gasteiger partial charge in [-0.1, -0.05) is 103 Å². The van der Waals surface area contributed by atoms with E-state index in [0.717, 1.165) is 0 Å². The van der Waals surface area contributed by atoms with E-state index in [1.54, 1.807) is 0 Å². The zero-order valence-corrected chi connectivity index (χ0v) is 13.0. The van der Waals surface area contributed by atoms with E-state index in [0.29, 0.717) is 6.61 Å². The molecule has 0 unspecified atom stereocenters. The number of hydrogen-bond acceptors (Lipinski definition) is 1. The van der Waals surface area contributed by atoms with Gasteiger partial charge in [-0.2, -0.15) is 0 Å². The molecule has 0 spiro atoms. The van der Waals surface area contributed by atoms with Crippen molar-refractivity contribution in [1.82, 2.24) is 0 Å². The normalized spacial score (nSPS) is 11.2. The predicted octanol–water partition coefficient (Wildman–Crippen LogP) is 5.51. The minimum absolute atomic E-state index is 0.0437. The zero-order chi connectivity index (χ0) is 15.7. The first-order valence-electron chi connectivity index (χ1n) is 7.86. The lowest BCUT2D eigenvalue weighted by Crippen LogP contribution is -2.06. The van der Waals surface area contributed by atoms with E-state index < -0.39 is 0 Å². The summed E-state index contributed by atoms with van der Waals surface area (Å²) < 4.78 is 6.15. The summed E-state index contributed by atoms with van der Waals surface area (Å²) in [6, 6.07) is 31.0. The minimum Gasteiger partial charge on any atom is -0.365 e. The van der Waals surface area contributed by atoms with Gasteiger partial charge in [0.1, 0.15) is 6.10 Å². The van der Waals surface area contributed by atoms with Gasteiger partial charge in [0.2, 0.25) is 0 Å². The summed E-state index contributed by atoms with van der Waals surface area (Å²) in [6.07, 6.45) is 4.11. The molecule has 0 radical (unpaired) electrons. The Morgan fingerprint density at radius 1 is 0.652 bits per heavy atom. The third kappa shape index (κ3) is 4.41. The van der Waals surface area contributed by atoms with Crippen molar-refractivity contribution in [2.24, 2.45) is 0 Å². The van der Waals surface area contributed by atoms with Gasteiger partial charge in [0.05, 0.1) is 6.61 Å². The van der Waals surface area contributed by atoms with Crippen LogP contribution >= 0.6 is 0 Å². The fourth-order valence-corrected chi connectivity index (χ4v) is 2.54. The van der Waals surface area contributed by atoms with Crippen LogP contribution in [0.2, 0.25) is 0 Å². The van der Waals surface area contributed by atoms with E-state index in [1.807, 2.05) is 30.3 Å². The Morgan fingerprint density at radius 3 is 1.65 bits per heavy atom. The fourth-order valence-electron chi connectivity index (χ4n) is 2.54. The number of benzene rings is 3. The van der Waals surface area contributed by atoms with Crippen molar-refractivity contribution in [3.05, 3.63) is 114 Å². The SMILES string of the molecule is C(=C\c1ccccc1)/COC(c1ccccc1)c1ccccc1. The maximum absolute atomic E-state index is 6.15. The average molecular weight is 300 g/mol. The monoisotopic (exact) mass is 300 g/mol. The molecular weight excluding hydrogens is 280 g/mol. The summed E-state index contributed by atoms with van der Waals surface area (Å²) in [6.45, 7) is 0.573. The van der Waals surface area contributed by atoms with Crippen molar-refractivity contribution >= 4 is 6.08 Å². The van der Waals surface area contributed by atoms with Crippen LogP contribution in [-0.4, -0.2) is 6.61 Å². The Bertz CT molecular complexity index is 678. The lowest BCUT2D eigenvalue weighted by atomic mass is 10.0. The molecule has 0 fully saturated rings. The molecule has 0 N–H and O–H groups in total. The van der Waals surface area contributed by atoms with Gasteiger partial charge < -0.3 is 4.74 Å². The number of ether oxygens (including phenoxy) is 1. The van der Waals surface area contributed by atoms with Crippen molar-refractivity contribution in [3.63, 3.8) is 0 Å². The predicted molar refractivity (Wildman–Crippen MR) is 96.2 cm³/mol. The molecular formula is C22H20O. The molecule has 1 nitrogen and oxygen atoms in total. The van der Waals surface area contributed by atoms with Gasteiger partial charge in [0.15, 0.2) is 0 Å². The van der Waals surface area contributed by atoms with Crippen molar-refractivity contribution in [3.8, 4) is 0 Å². The standard InChI is InChI=1S/C22H20O/c1-4-11-19(12-5-1)13-10-18-23-22(20-14-6-2-7-15-20)21-16-8-3-9-17-21/h1-17,22H,18H2/b13-10+. The van der Waals surface area contributed by atoms with Crippen molar-refractivity contribution in [2.45, 2.75) is 6.10 Å². The lowest BCUT2D eigenvalue weighted by Gasteiger charge is -2.18. The summed E-state index contributed by atoms with van der Waals surface area (Å²) in [5, 5.41) is 0. The second-order valence-electron chi connectivity index (χ2n) is 5.35. The van der Waals surface area contributed by atoms with Crippen LogP contribution in [-0.2, 0) is 4.74 Å². The quantitative estimate of drug-likeness (QED) is 0.583. The van der Waals surface area contributed by atoms with Crippen molar-refractivity contribution in [1.29, 1.82) is 0 Å². The van der Waals surface area contributed by atoms with Gasteiger partial charge in [-0.05, 0) is 16.7 Å². The van der Waals surface area contributed by atoms with Gasteiger partial charge in [-0.3, -0.25) is 0 Å². The van der Waals surface area contributed by atoms with Crippen LogP contribution in [0.5, 0.6) is 0 Å². The van der Waals surface area contributed by atoms with Crippen LogP contribution in [0.3, 0.4) is 0 Å². The molecule has 0 atom stereocenters. The second kappa shape index (κ2) is 8.11. The molecule has 0 aromatic heterocycles. The van der Waals surface area contributed by atoms with Gasteiger partial charge in [0, 0.05) is 0 Å². The molecule has 3 aromatic rings. The summed E-state index contributed by atoms with van der Waals surface area (Å²) in [5.41, 5.74) is 3.53. The molecule has 0 amide bonds. The molecule has 3 aromatic carbocycles.